The van der Waals surface area contributed by atoms with E-state index < -0.39 is 10.8 Å². The van der Waals surface area contributed by atoms with E-state index in [0.717, 1.165) is 56.9 Å². The van der Waals surface area contributed by atoms with Crippen molar-refractivity contribution in [2.45, 2.75) is 126 Å². The average Bonchev–Trinajstić information content (AvgIpc) is 2.86. The van der Waals surface area contributed by atoms with Crippen molar-refractivity contribution in [3.8, 4) is 6.07 Å². The van der Waals surface area contributed by atoms with Crippen LogP contribution < -0.4 is 5.32 Å². The Kier molecular flexibility index (Phi) is 6.93. The molecule has 3 saturated carbocycles. The first-order chi connectivity index (χ1) is 18.9. The van der Waals surface area contributed by atoms with Crippen LogP contribution in [0.5, 0.6) is 0 Å². The topological polar surface area (TPSA) is 87.0 Å². The fraction of sp³-hybridized carbons (Fsp3) is 0.778. The molecule has 7 atom stereocenters. The highest BCUT2D eigenvalue weighted by atomic mass is 16.1. The van der Waals surface area contributed by atoms with Crippen LogP contribution in [0.25, 0.3) is 0 Å². The van der Waals surface area contributed by atoms with Gasteiger partial charge < -0.3 is 5.32 Å². The number of nitrogens with one attached hydrogen (secondary N) is 1. The number of amides is 1. The Bertz CT molecular complexity index is 1280. The number of carbonyl (C=O) groups excluding carboxylic acids is 3. The van der Waals surface area contributed by atoms with Gasteiger partial charge in [0.25, 0.3) is 0 Å². The van der Waals surface area contributed by atoms with Crippen LogP contribution in [0.2, 0.25) is 0 Å². The standard InChI is InChI=1S/C36H52N2O3/c1-22(2)38-28(40)11-13-36-16-14-31(3,4)20-24(36)29-25(39)18-27-33(7)19-23(21-37)30(41)32(5,6)26(33)10-12-34(27,8)35(29,9)15-17-36/h18-19,22,24,26,29H,10-17,20H2,1-9H3,(H,38,40)/t24?,26-,29?,33-,34+,35+,36+/m0/s1. The third kappa shape index (κ3) is 4.24. The van der Waals surface area contributed by atoms with E-state index in [9.17, 15) is 19.6 Å². The zero-order valence-corrected chi connectivity index (χ0v) is 27.0. The van der Waals surface area contributed by atoms with Crippen LogP contribution in [0.3, 0.4) is 0 Å². The second kappa shape index (κ2) is 9.39. The molecule has 0 aliphatic heterocycles. The number of Topliss-reactive ketones (excluding diaryl/α,β-unsaturated/α-hetero) is 1. The highest BCUT2D eigenvalue weighted by Crippen LogP contribution is 2.75. The summed E-state index contributed by atoms with van der Waals surface area (Å²) >= 11 is 0. The number of fused-ring (bicyclic) bond motifs is 7. The molecule has 0 aromatic carbocycles. The van der Waals surface area contributed by atoms with Gasteiger partial charge in [0, 0.05) is 29.2 Å². The molecule has 2 unspecified atom stereocenters. The summed E-state index contributed by atoms with van der Waals surface area (Å²) in [6.45, 7) is 19.7. The Balaban J connectivity index is 1.60. The predicted molar refractivity (Wildman–Crippen MR) is 161 cm³/mol. The van der Waals surface area contributed by atoms with Crippen molar-refractivity contribution in [2.75, 3.05) is 0 Å². The van der Waals surface area contributed by atoms with E-state index in [1.54, 1.807) is 0 Å². The van der Waals surface area contributed by atoms with Crippen molar-refractivity contribution in [2.24, 2.45) is 50.2 Å². The number of nitriles is 1. The largest absolute Gasteiger partial charge is 0.354 e. The van der Waals surface area contributed by atoms with Crippen molar-refractivity contribution in [1.29, 1.82) is 5.26 Å². The van der Waals surface area contributed by atoms with Gasteiger partial charge in [-0.1, -0.05) is 60.1 Å². The molecular formula is C36H52N2O3. The van der Waals surface area contributed by atoms with Crippen LogP contribution in [-0.4, -0.2) is 23.5 Å². The number of allylic oxidation sites excluding steroid dienone is 4. The van der Waals surface area contributed by atoms with E-state index in [-0.39, 0.29) is 68.5 Å². The second-order valence-corrected chi connectivity index (χ2v) is 16.8. The summed E-state index contributed by atoms with van der Waals surface area (Å²) in [5.74, 6) is 0.529. The maximum Gasteiger partial charge on any atom is 0.220 e. The Morgan fingerprint density at radius 1 is 1.02 bits per heavy atom. The highest BCUT2D eigenvalue weighted by Gasteiger charge is 2.69. The molecule has 1 N–H and O–H groups in total. The molecule has 224 valence electrons. The van der Waals surface area contributed by atoms with Crippen molar-refractivity contribution >= 4 is 17.5 Å². The van der Waals surface area contributed by atoms with Gasteiger partial charge in [-0.2, -0.15) is 5.26 Å². The summed E-state index contributed by atoms with van der Waals surface area (Å²) in [7, 11) is 0. The first-order valence-electron chi connectivity index (χ1n) is 16.1. The number of rotatable bonds is 4. The van der Waals surface area contributed by atoms with E-state index in [1.165, 1.54) is 0 Å². The molecule has 0 saturated heterocycles. The van der Waals surface area contributed by atoms with E-state index in [0.29, 0.717) is 6.42 Å². The molecule has 0 heterocycles. The Morgan fingerprint density at radius 3 is 2.32 bits per heavy atom. The second-order valence-electron chi connectivity index (χ2n) is 16.8. The minimum atomic E-state index is -0.650. The zero-order chi connectivity index (χ0) is 30.4. The van der Waals surface area contributed by atoms with Crippen molar-refractivity contribution in [3.05, 3.63) is 23.3 Å². The molecule has 5 rings (SSSR count). The molecule has 5 aliphatic carbocycles. The lowest BCUT2D eigenvalue weighted by atomic mass is 9.34. The lowest BCUT2D eigenvalue weighted by molar-refractivity contribution is -0.173. The van der Waals surface area contributed by atoms with Gasteiger partial charge in [0.15, 0.2) is 11.6 Å². The average molecular weight is 561 g/mol. The minimum Gasteiger partial charge on any atom is -0.354 e. The number of nitrogens with zero attached hydrogens (tertiary/aromatic N) is 1. The summed E-state index contributed by atoms with van der Waals surface area (Å²) in [5, 5.41) is 13.0. The van der Waals surface area contributed by atoms with Gasteiger partial charge in [0.2, 0.25) is 5.91 Å². The van der Waals surface area contributed by atoms with Crippen LogP contribution in [0, 0.1) is 61.6 Å². The molecule has 1 amide bonds. The first kappa shape index (κ1) is 30.2. The van der Waals surface area contributed by atoms with Crippen LogP contribution in [0.4, 0.5) is 0 Å². The monoisotopic (exact) mass is 560 g/mol. The number of carbonyl (C=O) groups is 3. The van der Waals surface area contributed by atoms with Gasteiger partial charge >= 0.3 is 0 Å². The van der Waals surface area contributed by atoms with Crippen molar-refractivity contribution < 1.29 is 14.4 Å². The first-order valence-corrected chi connectivity index (χ1v) is 16.1. The van der Waals surface area contributed by atoms with Crippen LogP contribution in [0.1, 0.15) is 120 Å². The van der Waals surface area contributed by atoms with Crippen molar-refractivity contribution in [1.82, 2.24) is 5.32 Å². The Labute approximate surface area is 248 Å². The molecule has 5 nitrogen and oxygen atoms in total. The van der Waals surface area contributed by atoms with Gasteiger partial charge in [0.1, 0.15) is 6.07 Å². The normalized spacial score (nSPS) is 42.5. The van der Waals surface area contributed by atoms with E-state index in [4.69, 9.17) is 0 Å². The van der Waals surface area contributed by atoms with Gasteiger partial charge in [-0.3, -0.25) is 14.4 Å². The third-order valence-electron chi connectivity index (χ3n) is 13.3. The lowest BCUT2D eigenvalue weighted by Crippen LogP contribution is -2.64. The molecule has 41 heavy (non-hydrogen) atoms. The van der Waals surface area contributed by atoms with Gasteiger partial charge in [-0.25, -0.2) is 0 Å². The van der Waals surface area contributed by atoms with E-state index >= 15 is 0 Å². The summed E-state index contributed by atoms with van der Waals surface area (Å²) in [6.07, 6.45) is 12.4. The molecule has 5 aliphatic rings. The van der Waals surface area contributed by atoms with Crippen LogP contribution >= 0.6 is 0 Å². The maximum absolute atomic E-state index is 14.6. The van der Waals surface area contributed by atoms with Crippen molar-refractivity contribution in [3.63, 3.8) is 0 Å². The molecular weight excluding hydrogens is 508 g/mol. The molecule has 0 bridgehead atoms. The predicted octanol–water partition coefficient (Wildman–Crippen LogP) is 7.51. The molecule has 0 spiro atoms. The van der Waals surface area contributed by atoms with Gasteiger partial charge in [-0.15, -0.1) is 0 Å². The maximum atomic E-state index is 14.6. The van der Waals surface area contributed by atoms with E-state index in [1.807, 2.05) is 39.8 Å². The molecule has 5 heteroatoms. The summed E-state index contributed by atoms with van der Waals surface area (Å²) in [6, 6.07) is 2.34. The smallest absolute Gasteiger partial charge is 0.220 e. The minimum absolute atomic E-state index is 0.0135. The third-order valence-corrected chi connectivity index (χ3v) is 13.3. The van der Waals surface area contributed by atoms with Crippen LogP contribution in [-0.2, 0) is 14.4 Å². The lowest BCUT2D eigenvalue weighted by Gasteiger charge is -2.69. The number of hydrogen-bond donors (Lipinski definition) is 1. The zero-order valence-electron chi connectivity index (χ0n) is 27.0. The molecule has 0 aromatic rings. The number of hydrogen-bond acceptors (Lipinski definition) is 4. The Hall–Kier alpha value is -2.22. The Morgan fingerprint density at radius 2 is 1.68 bits per heavy atom. The van der Waals surface area contributed by atoms with E-state index in [2.05, 4.69) is 46.0 Å². The summed E-state index contributed by atoms with van der Waals surface area (Å²) in [4.78, 5) is 40.7. The fourth-order valence-corrected chi connectivity index (χ4v) is 10.9. The van der Waals surface area contributed by atoms with Gasteiger partial charge in [0.05, 0.1) is 5.57 Å². The fourth-order valence-electron chi connectivity index (χ4n) is 10.9. The highest BCUT2D eigenvalue weighted by molar-refractivity contribution is 6.04. The van der Waals surface area contributed by atoms with Crippen LogP contribution in [0.15, 0.2) is 23.3 Å². The number of ketones is 2. The summed E-state index contributed by atoms with van der Waals surface area (Å²) < 4.78 is 0. The summed E-state index contributed by atoms with van der Waals surface area (Å²) in [5.41, 5.74) is 0.00681. The molecule has 0 aromatic heterocycles. The molecule has 3 fully saturated rings. The molecule has 0 radical (unpaired) electrons. The SMILES string of the molecule is CC(C)NC(=O)CC[C@]12CCC(C)(C)CC1C1C(=O)C=C3[C@@]4(C)C=C(C#N)C(=O)C(C)(C)[C@@H]4CC[C@@]3(C)[C@]1(C)CC2. The van der Waals surface area contributed by atoms with Gasteiger partial charge in [-0.05, 0) is 105 Å². The quantitative estimate of drug-likeness (QED) is 0.385.